The quantitative estimate of drug-likeness (QED) is 0.769. The van der Waals surface area contributed by atoms with Gasteiger partial charge in [-0.05, 0) is 6.07 Å². The van der Waals surface area contributed by atoms with Gasteiger partial charge in [0.1, 0.15) is 12.0 Å². The van der Waals surface area contributed by atoms with Crippen molar-refractivity contribution in [3.05, 3.63) is 34.7 Å². The van der Waals surface area contributed by atoms with Crippen LogP contribution >= 0.6 is 0 Å². The number of halogens is 2. The van der Waals surface area contributed by atoms with Crippen LogP contribution in [0.25, 0.3) is 11.0 Å². The van der Waals surface area contributed by atoms with Crippen LogP contribution in [0.3, 0.4) is 0 Å². The molecule has 7 heteroatoms. The van der Waals surface area contributed by atoms with E-state index in [1.165, 1.54) is 18.2 Å². The molecule has 18 heavy (non-hydrogen) atoms. The first kappa shape index (κ1) is 12.2. The molecule has 0 unspecified atom stereocenters. The number of hydrogen-bond donors (Lipinski definition) is 0. The zero-order chi connectivity index (χ0) is 13.1. The van der Waals surface area contributed by atoms with Crippen molar-refractivity contribution < 1.29 is 18.3 Å². The maximum atomic E-state index is 12.1. The Morgan fingerprint density at radius 1 is 1.44 bits per heavy atom. The normalized spacial score (nSPS) is 10.8. The van der Waals surface area contributed by atoms with Gasteiger partial charge in [0.15, 0.2) is 0 Å². The van der Waals surface area contributed by atoms with Crippen LogP contribution in [-0.4, -0.2) is 22.4 Å². The number of aldehydes is 1. The lowest BCUT2D eigenvalue weighted by molar-refractivity contribution is -0.108. The summed E-state index contributed by atoms with van der Waals surface area (Å²) in [5, 5.41) is 0. The van der Waals surface area contributed by atoms with Crippen LogP contribution in [0.5, 0.6) is 5.75 Å². The minimum Gasteiger partial charge on any atom is -0.433 e. The van der Waals surface area contributed by atoms with Gasteiger partial charge in [0.05, 0.1) is 23.8 Å². The molecule has 0 aliphatic heterocycles. The molecule has 2 heterocycles. The van der Waals surface area contributed by atoms with Gasteiger partial charge in [0, 0.05) is 12.1 Å². The highest BCUT2D eigenvalue weighted by Crippen LogP contribution is 2.18. The van der Waals surface area contributed by atoms with Crippen LogP contribution in [0.15, 0.2) is 29.2 Å². The van der Waals surface area contributed by atoms with E-state index in [0.29, 0.717) is 11.8 Å². The molecule has 0 N–H and O–H groups in total. The second-order valence-corrected chi connectivity index (χ2v) is 3.40. The van der Waals surface area contributed by atoms with Gasteiger partial charge in [-0.1, -0.05) is 0 Å². The highest BCUT2D eigenvalue weighted by Gasteiger charge is 2.08. The minimum absolute atomic E-state index is 0.164. The first-order chi connectivity index (χ1) is 8.61. The number of pyridine rings is 2. The lowest BCUT2D eigenvalue weighted by atomic mass is 10.3. The molecule has 0 spiro atoms. The van der Waals surface area contributed by atoms with Crippen LogP contribution in [-0.2, 0) is 11.3 Å². The summed E-state index contributed by atoms with van der Waals surface area (Å²) >= 11 is 0. The average Bonchev–Trinajstić information content (AvgIpc) is 2.32. The molecule has 0 saturated carbocycles. The first-order valence-electron chi connectivity index (χ1n) is 5.00. The van der Waals surface area contributed by atoms with Crippen molar-refractivity contribution in [1.82, 2.24) is 9.55 Å². The Bertz CT molecular complexity index is 640. The number of alkyl halides is 2. The fraction of sp³-hybridized carbons (Fsp3) is 0.182. The third kappa shape index (κ3) is 2.34. The van der Waals surface area contributed by atoms with Gasteiger partial charge in [0.2, 0.25) is 0 Å². The number of aromatic nitrogens is 2. The van der Waals surface area contributed by atoms with E-state index in [1.54, 1.807) is 0 Å². The molecule has 0 saturated heterocycles. The number of fused-ring (bicyclic) bond motifs is 1. The molecule has 5 nitrogen and oxygen atoms in total. The molecule has 0 aliphatic carbocycles. The molecule has 2 aromatic heterocycles. The Morgan fingerprint density at radius 3 is 2.89 bits per heavy atom. The maximum Gasteiger partial charge on any atom is 0.387 e. The molecule has 0 aliphatic rings. The van der Waals surface area contributed by atoms with Gasteiger partial charge < -0.3 is 9.53 Å². The number of nitrogens with zero attached hydrogens (tertiary/aromatic N) is 2. The fourth-order valence-electron chi connectivity index (χ4n) is 1.58. The van der Waals surface area contributed by atoms with E-state index in [1.807, 2.05) is 0 Å². The van der Waals surface area contributed by atoms with Crippen LogP contribution in [0, 0.1) is 0 Å². The third-order valence-corrected chi connectivity index (χ3v) is 2.30. The molecular weight excluding hydrogens is 246 g/mol. The summed E-state index contributed by atoms with van der Waals surface area (Å²) in [6.07, 6.45) is 1.67. The molecule has 0 bridgehead atoms. The number of carbonyl (C=O) groups excluding carboxylic acids is 1. The largest absolute Gasteiger partial charge is 0.433 e. The predicted molar refractivity (Wildman–Crippen MR) is 58.7 cm³/mol. The van der Waals surface area contributed by atoms with Crippen molar-refractivity contribution in [2.45, 2.75) is 13.2 Å². The standard InChI is InChI=1S/C11H8F2N2O3/c12-11(13)18-7-5-9-8(14-6-7)1-2-10(17)15(9)3-4-16/h1-2,4-6,11H,3H2. The third-order valence-electron chi connectivity index (χ3n) is 2.30. The van der Waals surface area contributed by atoms with Gasteiger partial charge in [-0.15, -0.1) is 0 Å². The summed E-state index contributed by atoms with van der Waals surface area (Å²) in [6.45, 7) is -3.14. The fourth-order valence-corrected chi connectivity index (χ4v) is 1.58. The molecule has 2 rings (SSSR count). The van der Waals surface area contributed by atoms with E-state index in [2.05, 4.69) is 9.72 Å². The molecule has 0 radical (unpaired) electrons. The summed E-state index contributed by atoms with van der Waals surface area (Å²) in [6, 6.07) is 3.96. The van der Waals surface area contributed by atoms with Crippen LogP contribution in [0.2, 0.25) is 0 Å². The summed E-state index contributed by atoms with van der Waals surface area (Å²) in [5.74, 6) is -0.164. The Balaban J connectivity index is 2.61. The van der Waals surface area contributed by atoms with E-state index in [0.717, 1.165) is 10.8 Å². The second kappa shape index (κ2) is 4.91. The Kier molecular flexibility index (Phi) is 3.31. The lowest BCUT2D eigenvalue weighted by Crippen LogP contribution is -2.20. The van der Waals surface area contributed by atoms with Crippen LogP contribution in [0.1, 0.15) is 0 Å². The van der Waals surface area contributed by atoms with Crippen molar-refractivity contribution in [3.63, 3.8) is 0 Å². The molecule has 0 aromatic carbocycles. The predicted octanol–water partition coefficient (Wildman–Crippen LogP) is 1.20. The minimum atomic E-state index is -2.97. The van der Waals surface area contributed by atoms with Crippen molar-refractivity contribution in [2.24, 2.45) is 0 Å². The Hall–Kier alpha value is -2.31. The second-order valence-electron chi connectivity index (χ2n) is 3.40. The van der Waals surface area contributed by atoms with Gasteiger partial charge >= 0.3 is 6.61 Å². The summed E-state index contributed by atoms with van der Waals surface area (Å²) < 4.78 is 29.5. The number of rotatable bonds is 4. The van der Waals surface area contributed by atoms with E-state index in [4.69, 9.17) is 0 Å². The first-order valence-corrected chi connectivity index (χ1v) is 5.00. The summed E-state index contributed by atoms with van der Waals surface area (Å²) in [7, 11) is 0. The zero-order valence-electron chi connectivity index (χ0n) is 9.05. The number of carbonyl (C=O) groups is 1. The van der Waals surface area contributed by atoms with E-state index in [-0.39, 0.29) is 17.8 Å². The lowest BCUT2D eigenvalue weighted by Gasteiger charge is -2.08. The van der Waals surface area contributed by atoms with Crippen molar-refractivity contribution in [2.75, 3.05) is 0 Å². The van der Waals surface area contributed by atoms with Gasteiger partial charge in [-0.25, -0.2) is 0 Å². The monoisotopic (exact) mass is 254 g/mol. The highest BCUT2D eigenvalue weighted by molar-refractivity contribution is 5.76. The van der Waals surface area contributed by atoms with E-state index < -0.39 is 12.2 Å². The average molecular weight is 254 g/mol. The van der Waals surface area contributed by atoms with E-state index in [9.17, 15) is 18.4 Å². The number of ether oxygens (including phenoxy) is 1. The zero-order valence-corrected chi connectivity index (χ0v) is 9.05. The van der Waals surface area contributed by atoms with Crippen molar-refractivity contribution in [1.29, 1.82) is 0 Å². The SMILES string of the molecule is O=CCn1c(=O)ccc2ncc(OC(F)F)cc21. The summed E-state index contributed by atoms with van der Waals surface area (Å²) in [4.78, 5) is 25.9. The molecule has 2 aromatic rings. The Morgan fingerprint density at radius 2 is 2.22 bits per heavy atom. The van der Waals surface area contributed by atoms with Gasteiger partial charge in [-0.3, -0.25) is 14.3 Å². The van der Waals surface area contributed by atoms with Crippen LogP contribution in [0.4, 0.5) is 8.78 Å². The van der Waals surface area contributed by atoms with Gasteiger partial charge in [0.25, 0.3) is 5.56 Å². The van der Waals surface area contributed by atoms with E-state index >= 15 is 0 Å². The molecule has 94 valence electrons. The summed E-state index contributed by atoms with van der Waals surface area (Å²) in [5.41, 5.74) is 0.274. The Labute approximate surface area is 99.6 Å². The molecule has 0 fully saturated rings. The number of hydrogen-bond acceptors (Lipinski definition) is 4. The van der Waals surface area contributed by atoms with Crippen molar-refractivity contribution >= 4 is 17.3 Å². The topological polar surface area (TPSA) is 61.2 Å². The molecular formula is C11H8F2N2O3. The molecule has 0 atom stereocenters. The highest BCUT2D eigenvalue weighted by atomic mass is 19.3. The van der Waals surface area contributed by atoms with Gasteiger partial charge in [-0.2, -0.15) is 8.78 Å². The van der Waals surface area contributed by atoms with Crippen LogP contribution < -0.4 is 10.3 Å². The molecule has 0 amide bonds. The maximum absolute atomic E-state index is 12.1. The smallest absolute Gasteiger partial charge is 0.387 e. The van der Waals surface area contributed by atoms with Crippen molar-refractivity contribution in [3.8, 4) is 5.75 Å².